The molecule has 2 heteroatoms. The molecule has 1 rings (SSSR count). The summed E-state index contributed by atoms with van der Waals surface area (Å²) >= 11 is 1.90. The number of nitrogens with two attached hydrogens (primary N) is 1. The van der Waals surface area contributed by atoms with Gasteiger partial charge >= 0.3 is 0 Å². The van der Waals surface area contributed by atoms with Crippen LogP contribution in [0.5, 0.6) is 0 Å². The maximum atomic E-state index is 5.96. The third-order valence-electron chi connectivity index (χ3n) is 2.37. The number of benzene rings is 1. The molecule has 0 unspecified atom stereocenters. The Hall–Kier alpha value is -0.630. The molecule has 0 saturated heterocycles. The first-order chi connectivity index (χ1) is 6.67. The summed E-state index contributed by atoms with van der Waals surface area (Å²) in [6.45, 7) is 6.53. The highest BCUT2D eigenvalue weighted by Crippen LogP contribution is 2.32. The Morgan fingerprint density at radius 2 is 1.93 bits per heavy atom. The molecule has 78 valence electrons. The van der Waals surface area contributed by atoms with Gasteiger partial charge in [0.2, 0.25) is 0 Å². The first-order valence-corrected chi connectivity index (χ1v) is 6.08. The summed E-state index contributed by atoms with van der Waals surface area (Å²) in [5, 5.41) is 0.694. The molecule has 0 fully saturated rings. The maximum absolute atomic E-state index is 5.96. The van der Waals surface area contributed by atoms with Gasteiger partial charge in [-0.2, -0.15) is 0 Å². The largest absolute Gasteiger partial charge is 0.398 e. The third kappa shape index (κ3) is 2.95. The lowest BCUT2D eigenvalue weighted by molar-refractivity contribution is 0.792. The zero-order chi connectivity index (χ0) is 10.6. The first kappa shape index (κ1) is 11.4. The van der Waals surface area contributed by atoms with Crippen LogP contribution in [0.4, 0.5) is 5.69 Å². The molecule has 1 aromatic carbocycles. The van der Waals surface area contributed by atoms with Gasteiger partial charge in [0.1, 0.15) is 0 Å². The zero-order valence-corrected chi connectivity index (χ0v) is 10.0. The number of rotatable bonds is 4. The highest BCUT2D eigenvalue weighted by atomic mass is 32.2. The molecule has 0 aliphatic carbocycles. The van der Waals surface area contributed by atoms with E-state index in [4.69, 9.17) is 5.73 Å². The minimum atomic E-state index is 0.694. The molecule has 0 radical (unpaired) electrons. The standard InChI is InChI=1S/C12H19NS/c1-4-10(5-2)14-12-7-6-9(3)8-11(12)13/h6-8,10H,4-5,13H2,1-3H3. The van der Waals surface area contributed by atoms with E-state index in [9.17, 15) is 0 Å². The summed E-state index contributed by atoms with van der Waals surface area (Å²) in [6.07, 6.45) is 2.41. The van der Waals surface area contributed by atoms with Crippen LogP contribution in [-0.2, 0) is 0 Å². The summed E-state index contributed by atoms with van der Waals surface area (Å²) in [4.78, 5) is 1.23. The van der Waals surface area contributed by atoms with E-state index in [2.05, 4.69) is 32.9 Å². The van der Waals surface area contributed by atoms with Crippen LogP contribution in [0.2, 0.25) is 0 Å². The van der Waals surface area contributed by atoms with Crippen molar-refractivity contribution in [2.45, 2.75) is 43.8 Å². The van der Waals surface area contributed by atoms with Gasteiger partial charge in [-0.1, -0.05) is 19.9 Å². The molecule has 0 aliphatic heterocycles. The molecule has 14 heavy (non-hydrogen) atoms. The zero-order valence-electron chi connectivity index (χ0n) is 9.21. The molecule has 0 heterocycles. The molecule has 0 bridgehead atoms. The van der Waals surface area contributed by atoms with Crippen molar-refractivity contribution in [3.63, 3.8) is 0 Å². The Balaban J connectivity index is 2.76. The SMILES string of the molecule is CCC(CC)Sc1ccc(C)cc1N. The van der Waals surface area contributed by atoms with Crippen LogP contribution >= 0.6 is 11.8 Å². The van der Waals surface area contributed by atoms with E-state index in [0.717, 1.165) is 5.69 Å². The average Bonchev–Trinajstić information content (AvgIpc) is 2.17. The van der Waals surface area contributed by atoms with Crippen LogP contribution < -0.4 is 5.73 Å². The summed E-state index contributed by atoms with van der Waals surface area (Å²) in [7, 11) is 0. The highest BCUT2D eigenvalue weighted by molar-refractivity contribution is 8.00. The van der Waals surface area contributed by atoms with Crippen molar-refractivity contribution in [3.05, 3.63) is 23.8 Å². The number of thioether (sulfide) groups is 1. The molecule has 0 atom stereocenters. The van der Waals surface area contributed by atoms with Crippen molar-refractivity contribution in [3.8, 4) is 0 Å². The van der Waals surface area contributed by atoms with Crippen molar-refractivity contribution >= 4 is 17.4 Å². The van der Waals surface area contributed by atoms with Crippen LogP contribution in [0.25, 0.3) is 0 Å². The second kappa shape index (κ2) is 5.30. The molecule has 0 aliphatic rings. The Bertz CT molecular complexity index is 292. The fraction of sp³-hybridized carbons (Fsp3) is 0.500. The minimum Gasteiger partial charge on any atom is -0.398 e. The van der Waals surface area contributed by atoms with Crippen molar-refractivity contribution in [1.82, 2.24) is 0 Å². The fourth-order valence-electron chi connectivity index (χ4n) is 1.41. The predicted molar refractivity (Wildman–Crippen MR) is 65.8 cm³/mol. The second-order valence-corrected chi connectivity index (χ2v) is 4.94. The number of hydrogen-bond acceptors (Lipinski definition) is 2. The lowest BCUT2D eigenvalue weighted by Crippen LogP contribution is -1.99. The lowest BCUT2D eigenvalue weighted by Gasteiger charge is -2.13. The normalized spacial score (nSPS) is 10.9. The van der Waals surface area contributed by atoms with Crippen LogP contribution in [-0.4, -0.2) is 5.25 Å². The van der Waals surface area contributed by atoms with Crippen molar-refractivity contribution in [2.24, 2.45) is 0 Å². The van der Waals surface area contributed by atoms with E-state index in [1.54, 1.807) is 0 Å². The van der Waals surface area contributed by atoms with E-state index in [-0.39, 0.29) is 0 Å². The highest BCUT2D eigenvalue weighted by Gasteiger charge is 2.07. The molecule has 1 aromatic rings. The van der Waals surface area contributed by atoms with E-state index < -0.39 is 0 Å². The first-order valence-electron chi connectivity index (χ1n) is 5.20. The smallest absolute Gasteiger partial charge is 0.0454 e. The number of nitrogen functional groups attached to an aromatic ring is 1. The molecule has 0 aromatic heterocycles. The average molecular weight is 209 g/mol. The van der Waals surface area contributed by atoms with Gasteiger partial charge in [-0.15, -0.1) is 11.8 Å². The second-order valence-electron chi connectivity index (χ2n) is 3.60. The van der Waals surface area contributed by atoms with Gasteiger partial charge in [0.15, 0.2) is 0 Å². The predicted octanol–water partition coefficient (Wildman–Crippen LogP) is 3.86. The Morgan fingerprint density at radius 1 is 1.29 bits per heavy atom. The molecule has 1 nitrogen and oxygen atoms in total. The Kier molecular flexibility index (Phi) is 4.33. The third-order valence-corrected chi connectivity index (χ3v) is 4.00. The van der Waals surface area contributed by atoms with Gasteiger partial charge in [-0.3, -0.25) is 0 Å². The Labute approximate surface area is 91.1 Å². The minimum absolute atomic E-state index is 0.694. The summed E-state index contributed by atoms with van der Waals surface area (Å²) in [5.41, 5.74) is 8.11. The molecular weight excluding hydrogens is 190 g/mol. The van der Waals surface area contributed by atoms with Crippen LogP contribution in [0, 0.1) is 6.92 Å². The summed E-state index contributed by atoms with van der Waals surface area (Å²) in [5.74, 6) is 0. The van der Waals surface area contributed by atoms with Crippen molar-refractivity contribution in [1.29, 1.82) is 0 Å². The monoisotopic (exact) mass is 209 g/mol. The van der Waals surface area contributed by atoms with Gasteiger partial charge in [-0.25, -0.2) is 0 Å². The van der Waals surface area contributed by atoms with Gasteiger partial charge in [0.25, 0.3) is 0 Å². The number of anilines is 1. The fourth-order valence-corrected chi connectivity index (χ4v) is 2.44. The van der Waals surface area contributed by atoms with E-state index >= 15 is 0 Å². The quantitative estimate of drug-likeness (QED) is 0.602. The van der Waals surface area contributed by atoms with Gasteiger partial charge in [0, 0.05) is 15.8 Å². The molecule has 2 N–H and O–H groups in total. The Morgan fingerprint density at radius 3 is 2.43 bits per heavy atom. The van der Waals surface area contributed by atoms with Gasteiger partial charge < -0.3 is 5.73 Å². The van der Waals surface area contributed by atoms with Crippen molar-refractivity contribution in [2.75, 3.05) is 5.73 Å². The molecule has 0 saturated carbocycles. The van der Waals surface area contributed by atoms with Gasteiger partial charge in [-0.05, 0) is 37.5 Å². The summed E-state index contributed by atoms with van der Waals surface area (Å²) in [6, 6.07) is 6.30. The van der Waals surface area contributed by atoms with Crippen LogP contribution in [0.3, 0.4) is 0 Å². The molecule has 0 amide bonds. The topological polar surface area (TPSA) is 26.0 Å². The molecule has 0 spiro atoms. The van der Waals surface area contributed by atoms with Gasteiger partial charge in [0.05, 0.1) is 0 Å². The summed E-state index contributed by atoms with van der Waals surface area (Å²) < 4.78 is 0. The van der Waals surface area contributed by atoms with Crippen LogP contribution in [0.15, 0.2) is 23.1 Å². The maximum Gasteiger partial charge on any atom is 0.0454 e. The lowest BCUT2D eigenvalue weighted by atomic mass is 10.2. The van der Waals surface area contributed by atoms with E-state index in [1.165, 1.54) is 23.3 Å². The number of hydrogen-bond donors (Lipinski definition) is 1. The number of aryl methyl sites for hydroxylation is 1. The van der Waals surface area contributed by atoms with E-state index in [0.29, 0.717) is 5.25 Å². The molecular formula is C12H19NS. The van der Waals surface area contributed by atoms with E-state index in [1.807, 2.05) is 17.8 Å². The van der Waals surface area contributed by atoms with Crippen molar-refractivity contribution < 1.29 is 0 Å². The van der Waals surface area contributed by atoms with Crippen LogP contribution in [0.1, 0.15) is 32.3 Å².